The third-order valence-corrected chi connectivity index (χ3v) is 4.42. The molecular formula is C17H18N2O4. The molecule has 2 aliphatic rings. The molecule has 2 aliphatic heterocycles. The Bertz CT molecular complexity index is 788. The van der Waals surface area contributed by atoms with Gasteiger partial charge in [-0.2, -0.15) is 5.10 Å². The molecule has 6 heteroatoms. The van der Waals surface area contributed by atoms with Crippen LogP contribution in [0.1, 0.15) is 35.5 Å². The molecule has 4 rings (SSSR count). The number of ether oxygens (including phenoxy) is 2. The van der Waals surface area contributed by atoms with E-state index >= 15 is 0 Å². The fourth-order valence-electron chi connectivity index (χ4n) is 3.50. The molecule has 0 spiro atoms. The third kappa shape index (κ3) is 2.09. The highest BCUT2D eigenvalue weighted by Gasteiger charge is 2.33. The van der Waals surface area contributed by atoms with Gasteiger partial charge in [-0.05, 0) is 26.0 Å². The molecule has 23 heavy (non-hydrogen) atoms. The molecule has 3 heterocycles. The van der Waals surface area contributed by atoms with E-state index < -0.39 is 5.97 Å². The Labute approximate surface area is 133 Å². The van der Waals surface area contributed by atoms with E-state index in [2.05, 4.69) is 11.2 Å². The lowest BCUT2D eigenvalue weighted by atomic mass is 9.95. The summed E-state index contributed by atoms with van der Waals surface area (Å²) in [5, 5.41) is 13.3. The average Bonchev–Trinajstić information content (AvgIpc) is 3.12. The Hall–Kier alpha value is -2.50. The molecule has 1 aromatic carbocycles. The maximum Gasteiger partial charge on any atom is 0.356 e. The summed E-state index contributed by atoms with van der Waals surface area (Å²) in [6.07, 6.45) is 1.83. The molecule has 0 fully saturated rings. The summed E-state index contributed by atoms with van der Waals surface area (Å²) in [4.78, 5) is 11.2. The predicted molar refractivity (Wildman–Crippen MR) is 83.2 cm³/mol. The first kappa shape index (κ1) is 14.1. The topological polar surface area (TPSA) is 73.6 Å². The van der Waals surface area contributed by atoms with Crippen LogP contribution >= 0.6 is 0 Å². The zero-order chi connectivity index (χ0) is 16.3. The van der Waals surface area contributed by atoms with Crippen LogP contribution in [-0.4, -0.2) is 33.1 Å². The van der Waals surface area contributed by atoms with Gasteiger partial charge in [0, 0.05) is 36.6 Å². The summed E-state index contributed by atoms with van der Waals surface area (Å²) in [5.41, 5.74) is 3.89. The van der Waals surface area contributed by atoms with E-state index in [0.717, 1.165) is 46.7 Å². The van der Waals surface area contributed by atoms with E-state index in [4.69, 9.17) is 9.47 Å². The largest absolute Gasteiger partial charge is 0.490 e. The van der Waals surface area contributed by atoms with E-state index in [1.807, 2.05) is 13.8 Å². The number of nitrogens with zero attached hydrogens (tertiary/aromatic N) is 2. The molecule has 0 saturated carbocycles. The smallest absolute Gasteiger partial charge is 0.356 e. The van der Waals surface area contributed by atoms with Gasteiger partial charge in [0.25, 0.3) is 0 Å². The molecule has 0 radical (unpaired) electrons. The Morgan fingerprint density at radius 1 is 1.26 bits per heavy atom. The molecule has 0 saturated heterocycles. The first-order valence-electron chi connectivity index (χ1n) is 7.73. The van der Waals surface area contributed by atoms with Crippen molar-refractivity contribution in [1.29, 1.82) is 0 Å². The summed E-state index contributed by atoms with van der Waals surface area (Å²) in [5.74, 6) is 0.686. The molecule has 6 nitrogen and oxygen atoms in total. The second-order valence-electron chi connectivity index (χ2n) is 6.33. The Morgan fingerprint density at radius 2 is 2.00 bits per heavy atom. The molecule has 0 bridgehead atoms. The maximum atomic E-state index is 11.2. The van der Waals surface area contributed by atoms with Gasteiger partial charge in [0.05, 0.1) is 5.69 Å². The van der Waals surface area contributed by atoms with Gasteiger partial charge in [0.15, 0.2) is 5.69 Å². The number of hydrogen-bond donors (Lipinski definition) is 1. The summed E-state index contributed by atoms with van der Waals surface area (Å²) in [7, 11) is 1.76. The highest BCUT2D eigenvalue weighted by atomic mass is 16.5. The van der Waals surface area contributed by atoms with Crippen LogP contribution in [0.15, 0.2) is 12.1 Å². The SMILES string of the molecule is CC1Cc2c(cc3c(c2-c2cc(C(=O)O)nn2C)OC(C)C3)O1. The first-order chi connectivity index (χ1) is 10.9. The van der Waals surface area contributed by atoms with E-state index in [9.17, 15) is 9.90 Å². The number of aryl methyl sites for hydroxylation is 1. The predicted octanol–water partition coefficient (Wildman–Crippen LogP) is 2.43. The highest BCUT2D eigenvalue weighted by Crippen LogP contribution is 2.48. The van der Waals surface area contributed by atoms with Gasteiger partial charge in [-0.3, -0.25) is 4.68 Å². The van der Waals surface area contributed by atoms with E-state index in [1.54, 1.807) is 17.8 Å². The number of carbonyl (C=O) groups is 1. The van der Waals surface area contributed by atoms with Gasteiger partial charge in [-0.25, -0.2) is 4.79 Å². The minimum absolute atomic E-state index is 0.0341. The Kier molecular flexibility index (Phi) is 2.91. The second kappa shape index (κ2) is 4.75. The second-order valence-corrected chi connectivity index (χ2v) is 6.33. The van der Waals surface area contributed by atoms with Crippen LogP contribution in [-0.2, 0) is 19.9 Å². The fourth-order valence-corrected chi connectivity index (χ4v) is 3.50. The van der Waals surface area contributed by atoms with Crippen molar-refractivity contribution in [3.05, 3.63) is 29.0 Å². The van der Waals surface area contributed by atoms with Crippen LogP contribution in [0.5, 0.6) is 11.5 Å². The van der Waals surface area contributed by atoms with E-state index in [1.165, 1.54) is 0 Å². The van der Waals surface area contributed by atoms with Crippen LogP contribution < -0.4 is 9.47 Å². The number of aromatic nitrogens is 2. The molecule has 2 aromatic rings. The number of fused-ring (bicyclic) bond motifs is 2. The summed E-state index contributed by atoms with van der Waals surface area (Å²) in [6.45, 7) is 4.06. The number of carboxylic acid groups (broad SMARTS) is 1. The molecule has 2 atom stereocenters. The van der Waals surface area contributed by atoms with Gasteiger partial charge in [-0.1, -0.05) is 0 Å². The Balaban J connectivity index is 1.97. The molecule has 2 unspecified atom stereocenters. The van der Waals surface area contributed by atoms with E-state index in [-0.39, 0.29) is 17.9 Å². The molecule has 1 N–H and O–H groups in total. The van der Waals surface area contributed by atoms with Crippen molar-refractivity contribution in [3.63, 3.8) is 0 Å². The number of hydrogen-bond acceptors (Lipinski definition) is 4. The number of aromatic carboxylic acids is 1. The summed E-state index contributed by atoms with van der Waals surface area (Å²) < 4.78 is 13.6. The zero-order valence-electron chi connectivity index (χ0n) is 13.3. The third-order valence-electron chi connectivity index (χ3n) is 4.42. The highest BCUT2D eigenvalue weighted by molar-refractivity contribution is 5.88. The fraction of sp³-hybridized carbons (Fsp3) is 0.412. The Morgan fingerprint density at radius 3 is 2.70 bits per heavy atom. The molecule has 1 aromatic heterocycles. The van der Waals surface area contributed by atoms with Crippen LogP contribution in [0.2, 0.25) is 0 Å². The minimum atomic E-state index is -1.03. The van der Waals surface area contributed by atoms with Gasteiger partial charge in [0.2, 0.25) is 0 Å². The van der Waals surface area contributed by atoms with E-state index in [0.29, 0.717) is 0 Å². The van der Waals surface area contributed by atoms with Crippen molar-refractivity contribution in [2.45, 2.75) is 38.9 Å². The minimum Gasteiger partial charge on any atom is -0.490 e. The molecule has 0 aliphatic carbocycles. The lowest BCUT2D eigenvalue weighted by molar-refractivity contribution is 0.0689. The van der Waals surface area contributed by atoms with Gasteiger partial charge < -0.3 is 14.6 Å². The number of rotatable bonds is 2. The van der Waals surface area contributed by atoms with Gasteiger partial charge in [0.1, 0.15) is 23.7 Å². The normalized spacial score (nSPS) is 21.5. The summed E-state index contributed by atoms with van der Waals surface area (Å²) in [6, 6.07) is 3.67. The van der Waals surface area contributed by atoms with Crippen molar-refractivity contribution < 1.29 is 19.4 Å². The van der Waals surface area contributed by atoms with Crippen LogP contribution in [0, 0.1) is 0 Å². The van der Waals surface area contributed by atoms with Crippen LogP contribution in [0.3, 0.4) is 0 Å². The van der Waals surface area contributed by atoms with Crippen molar-refractivity contribution in [1.82, 2.24) is 9.78 Å². The summed E-state index contributed by atoms with van der Waals surface area (Å²) >= 11 is 0. The lowest BCUT2D eigenvalue weighted by Gasteiger charge is -2.13. The zero-order valence-corrected chi connectivity index (χ0v) is 13.3. The molecule has 0 amide bonds. The van der Waals surface area contributed by atoms with Gasteiger partial charge in [-0.15, -0.1) is 0 Å². The number of carboxylic acids is 1. The van der Waals surface area contributed by atoms with Crippen molar-refractivity contribution in [2.75, 3.05) is 0 Å². The quantitative estimate of drug-likeness (QED) is 0.921. The van der Waals surface area contributed by atoms with Crippen molar-refractivity contribution in [3.8, 4) is 22.8 Å². The average molecular weight is 314 g/mol. The lowest BCUT2D eigenvalue weighted by Crippen LogP contribution is -2.07. The standard InChI is InChI=1S/C17H18N2O4/c1-8-4-10-6-14-11(5-9(2)22-14)15(16(10)23-8)13-7-12(17(20)21)18-19(13)3/h6-9H,4-5H2,1-3H3,(H,20,21). The maximum absolute atomic E-state index is 11.2. The van der Waals surface area contributed by atoms with Crippen LogP contribution in [0.4, 0.5) is 0 Å². The molecule has 120 valence electrons. The van der Waals surface area contributed by atoms with Crippen molar-refractivity contribution in [2.24, 2.45) is 7.05 Å². The molecular weight excluding hydrogens is 296 g/mol. The van der Waals surface area contributed by atoms with Crippen LogP contribution in [0.25, 0.3) is 11.3 Å². The first-order valence-corrected chi connectivity index (χ1v) is 7.73. The van der Waals surface area contributed by atoms with Gasteiger partial charge >= 0.3 is 5.97 Å². The number of benzene rings is 1. The van der Waals surface area contributed by atoms with Crippen molar-refractivity contribution >= 4 is 5.97 Å². The monoisotopic (exact) mass is 314 g/mol.